The van der Waals surface area contributed by atoms with Crippen molar-refractivity contribution in [2.45, 2.75) is 25.4 Å². The highest BCUT2D eigenvalue weighted by molar-refractivity contribution is 7.89. The van der Waals surface area contributed by atoms with Gasteiger partial charge in [0.15, 0.2) is 0 Å². The van der Waals surface area contributed by atoms with Crippen LogP contribution in [0.25, 0.3) is 0 Å². The van der Waals surface area contributed by atoms with Crippen molar-refractivity contribution < 1.29 is 17.9 Å². The lowest BCUT2D eigenvalue weighted by Crippen LogP contribution is -2.46. The van der Waals surface area contributed by atoms with Crippen molar-refractivity contribution in [1.29, 1.82) is 0 Å². The van der Waals surface area contributed by atoms with E-state index in [-0.39, 0.29) is 5.75 Å². The number of hydrogen-bond acceptors (Lipinski definition) is 4. The molecule has 14 heavy (non-hydrogen) atoms. The minimum atomic E-state index is -3.48. The quantitative estimate of drug-likeness (QED) is 0.719. The number of nitrogens with two attached hydrogens (primary N) is 1. The second-order valence-electron chi connectivity index (χ2n) is 3.54. The zero-order valence-corrected chi connectivity index (χ0v) is 9.18. The van der Waals surface area contributed by atoms with Crippen molar-refractivity contribution in [3.63, 3.8) is 0 Å². The Balaban J connectivity index is 2.70. The standard InChI is InChI=1S/C8H17NO4S/c1-2-13-8(7-14(9,10)11)3-5-12-6-4-8/h2-7H2,1H3,(H2,9,10,11). The highest BCUT2D eigenvalue weighted by Crippen LogP contribution is 2.26. The van der Waals surface area contributed by atoms with Crippen LogP contribution in [0.15, 0.2) is 0 Å². The maximum Gasteiger partial charge on any atom is 0.211 e. The number of rotatable bonds is 4. The Hall–Kier alpha value is -0.170. The zero-order chi connectivity index (χ0) is 10.7. The lowest BCUT2D eigenvalue weighted by molar-refractivity contribution is -0.0926. The predicted molar refractivity (Wildman–Crippen MR) is 52.4 cm³/mol. The molecule has 0 radical (unpaired) electrons. The Kier molecular flexibility index (Phi) is 3.88. The van der Waals surface area contributed by atoms with E-state index in [0.29, 0.717) is 32.7 Å². The average molecular weight is 223 g/mol. The van der Waals surface area contributed by atoms with E-state index in [1.54, 1.807) is 0 Å². The highest BCUT2D eigenvalue weighted by Gasteiger charge is 2.36. The molecule has 0 aliphatic carbocycles. The van der Waals surface area contributed by atoms with Gasteiger partial charge in [-0.2, -0.15) is 0 Å². The summed E-state index contributed by atoms with van der Waals surface area (Å²) in [5.41, 5.74) is -0.624. The molecule has 0 amide bonds. The fraction of sp³-hybridized carbons (Fsp3) is 1.00. The van der Waals surface area contributed by atoms with Gasteiger partial charge in [0.2, 0.25) is 10.0 Å². The van der Waals surface area contributed by atoms with Crippen molar-refractivity contribution in [3.8, 4) is 0 Å². The van der Waals surface area contributed by atoms with E-state index in [2.05, 4.69) is 0 Å². The molecular weight excluding hydrogens is 206 g/mol. The SMILES string of the molecule is CCOC1(CS(N)(=O)=O)CCOCC1. The first-order chi connectivity index (χ1) is 6.47. The predicted octanol–water partition coefficient (Wildman–Crippen LogP) is -0.139. The van der Waals surface area contributed by atoms with E-state index in [9.17, 15) is 8.42 Å². The van der Waals surface area contributed by atoms with Gasteiger partial charge >= 0.3 is 0 Å². The molecule has 1 aliphatic heterocycles. The number of hydrogen-bond donors (Lipinski definition) is 1. The van der Waals surface area contributed by atoms with Gasteiger partial charge in [-0.25, -0.2) is 13.6 Å². The maximum atomic E-state index is 11.0. The van der Waals surface area contributed by atoms with E-state index < -0.39 is 15.6 Å². The molecule has 1 saturated heterocycles. The van der Waals surface area contributed by atoms with E-state index in [4.69, 9.17) is 14.6 Å². The molecule has 0 bridgehead atoms. The van der Waals surface area contributed by atoms with E-state index in [0.717, 1.165) is 0 Å². The van der Waals surface area contributed by atoms with Crippen molar-refractivity contribution in [3.05, 3.63) is 0 Å². The van der Waals surface area contributed by atoms with Gasteiger partial charge in [-0.05, 0) is 6.92 Å². The monoisotopic (exact) mass is 223 g/mol. The van der Waals surface area contributed by atoms with E-state index in [1.165, 1.54) is 0 Å². The molecule has 1 rings (SSSR count). The normalized spacial score (nSPS) is 22.1. The first-order valence-corrected chi connectivity index (χ1v) is 6.41. The second kappa shape index (κ2) is 4.57. The van der Waals surface area contributed by atoms with Gasteiger partial charge < -0.3 is 9.47 Å². The van der Waals surface area contributed by atoms with Crippen LogP contribution in [0.1, 0.15) is 19.8 Å². The van der Waals surface area contributed by atoms with Crippen LogP contribution >= 0.6 is 0 Å². The minimum Gasteiger partial charge on any atom is -0.381 e. The van der Waals surface area contributed by atoms with Gasteiger partial charge in [-0.15, -0.1) is 0 Å². The summed E-state index contributed by atoms with van der Waals surface area (Å²) in [5.74, 6) is -0.114. The van der Waals surface area contributed by atoms with Gasteiger partial charge in [0.05, 0.1) is 11.4 Å². The molecule has 0 aromatic heterocycles. The Morgan fingerprint density at radius 1 is 1.43 bits per heavy atom. The molecule has 6 heteroatoms. The Morgan fingerprint density at radius 2 is 2.00 bits per heavy atom. The second-order valence-corrected chi connectivity index (χ2v) is 5.15. The lowest BCUT2D eigenvalue weighted by Gasteiger charge is -2.35. The summed E-state index contributed by atoms with van der Waals surface area (Å²) >= 11 is 0. The van der Waals surface area contributed by atoms with Crippen molar-refractivity contribution in [1.82, 2.24) is 0 Å². The van der Waals surface area contributed by atoms with Crippen molar-refractivity contribution in [2.24, 2.45) is 5.14 Å². The Labute approximate surface area is 84.6 Å². The van der Waals surface area contributed by atoms with Crippen LogP contribution in [0, 0.1) is 0 Å². The van der Waals surface area contributed by atoms with Crippen LogP contribution in [0.4, 0.5) is 0 Å². The third kappa shape index (κ3) is 3.53. The summed E-state index contributed by atoms with van der Waals surface area (Å²) in [6.07, 6.45) is 1.19. The summed E-state index contributed by atoms with van der Waals surface area (Å²) in [6, 6.07) is 0. The van der Waals surface area contributed by atoms with Crippen LogP contribution in [-0.4, -0.2) is 39.6 Å². The number of sulfonamides is 1. The Morgan fingerprint density at radius 3 is 2.43 bits per heavy atom. The number of ether oxygens (including phenoxy) is 2. The van der Waals surface area contributed by atoms with Crippen molar-refractivity contribution in [2.75, 3.05) is 25.6 Å². The van der Waals surface area contributed by atoms with Gasteiger partial charge in [0, 0.05) is 32.7 Å². The molecule has 0 unspecified atom stereocenters. The summed E-state index contributed by atoms with van der Waals surface area (Å²) in [5, 5.41) is 5.03. The average Bonchev–Trinajstić information content (AvgIpc) is 2.02. The maximum absolute atomic E-state index is 11.0. The van der Waals surface area contributed by atoms with E-state index >= 15 is 0 Å². The molecule has 0 saturated carbocycles. The van der Waals surface area contributed by atoms with Crippen molar-refractivity contribution >= 4 is 10.0 Å². The topological polar surface area (TPSA) is 78.6 Å². The fourth-order valence-corrected chi connectivity index (χ4v) is 2.85. The third-order valence-corrected chi connectivity index (χ3v) is 3.25. The van der Waals surface area contributed by atoms with Gasteiger partial charge in [0.1, 0.15) is 0 Å². The van der Waals surface area contributed by atoms with Crippen LogP contribution in [0.3, 0.4) is 0 Å². The summed E-state index contributed by atoms with van der Waals surface area (Å²) in [4.78, 5) is 0. The molecule has 1 heterocycles. The molecule has 5 nitrogen and oxygen atoms in total. The molecule has 0 atom stereocenters. The van der Waals surface area contributed by atoms with E-state index in [1.807, 2.05) is 6.92 Å². The van der Waals surface area contributed by atoms with Gasteiger partial charge in [0.25, 0.3) is 0 Å². The van der Waals surface area contributed by atoms with Crippen LogP contribution in [0.2, 0.25) is 0 Å². The lowest BCUT2D eigenvalue weighted by atomic mass is 9.96. The first-order valence-electron chi connectivity index (χ1n) is 4.70. The summed E-state index contributed by atoms with van der Waals surface area (Å²) < 4.78 is 32.8. The van der Waals surface area contributed by atoms with Crippen LogP contribution in [-0.2, 0) is 19.5 Å². The first kappa shape index (κ1) is 11.9. The Bertz CT molecular complexity index is 264. The number of primary sulfonamides is 1. The molecular formula is C8H17NO4S. The van der Waals surface area contributed by atoms with Gasteiger partial charge in [-0.3, -0.25) is 0 Å². The third-order valence-electron chi connectivity index (χ3n) is 2.32. The molecule has 2 N–H and O–H groups in total. The van der Waals surface area contributed by atoms with Crippen LogP contribution in [0.5, 0.6) is 0 Å². The smallest absolute Gasteiger partial charge is 0.211 e. The molecule has 0 spiro atoms. The molecule has 0 aromatic carbocycles. The molecule has 1 aliphatic rings. The largest absolute Gasteiger partial charge is 0.381 e. The van der Waals surface area contributed by atoms with Gasteiger partial charge in [-0.1, -0.05) is 0 Å². The fourth-order valence-electron chi connectivity index (χ4n) is 1.75. The summed E-state index contributed by atoms with van der Waals surface area (Å²) in [7, 11) is -3.48. The highest BCUT2D eigenvalue weighted by atomic mass is 32.2. The van der Waals surface area contributed by atoms with Crippen LogP contribution < -0.4 is 5.14 Å². The zero-order valence-electron chi connectivity index (χ0n) is 8.36. The minimum absolute atomic E-state index is 0.114. The summed E-state index contributed by atoms with van der Waals surface area (Å²) in [6.45, 7) is 3.42. The molecule has 1 fully saturated rings. The molecule has 0 aromatic rings. The molecule has 84 valence electrons.